The van der Waals surface area contributed by atoms with E-state index in [9.17, 15) is 9.59 Å². The Balaban J connectivity index is 2.19. The minimum Gasteiger partial charge on any atom is -0.274 e. The van der Waals surface area contributed by atoms with Crippen LogP contribution in [-0.4, -0.2) is 35.3 Å². The lowest BCUT2D eigenvalue weighted by atomic mass is 9.94. The first-order valence-corrected chi connectivity index (χ1v) is 7.50. The van der Waals surface area contributed by atoms with Gasteiger partial charge in [0.25, 0.3) is 11.8 Å². The number of hydrogen-bond donors (Lipinski definition) is 0. The van der Waals surface area contributed by atoms with Crippen LogP contribution in [0.2, 0.25) is 0 Å². The largest absolute Gasteiger partial charge is 0.274 e. The van der Waals surface area contributed by atoms with Gasteiger partial charge in [0.2, 0.25) is 0 Å². The number of carbonyl (C=O) groups excluding carboxylic acids is 2. The summed E-state index contributed by atoms with van der Waals surface area (Å²) in [6, 6.07) is 11.2. The Morgan fingerprint density at radius 3 is 2.11 bits per heavy atom. The Labute approximate surface area is 115 Å². The second-order valence-corrected chi connectivity index (χ2v) is 5.45. The number of carbonyl (C=O) groups is 2. The van der Waals surface area contributed by atoms with Gasteiger partial charge in [-0.2, -0.15) is 11.8 Å². The van der Waals surface area contributed by atoms with E-state index in [-0.39, 0.29) is 11.8 Å². The maximum atomic E-state index is 12.4. The van der Waals surface area contributed by atoms with E-state index in [1.54, 1.807) is 23.9 Å². The van der Waals surface area contributed by atoms with E-state index < -0.39 is 0 Å². The minimum absolute atomic E-state index is 0.177. The van der Waals surface area contributed by atoms with Crippen LogP contribution in [0.25, 0.3) is 10.8 Å². The van der Waals surface area contributed by atoms with E-state index in [0.29, 0.717) is 17.7 Å². The number of hydrogen-bond acceptors (Lipinski definition) is 3. The van der Waals surface area contributed by atoms with Crippen molar-refractivity contribution in [3.8, 4) is 0 Å². The molecule has 0 saturated carbocycles. The highest BCUT2D eigenvalue weighted by molar-refractivity contribution is 7.98. The molecule has 0 unspecified atom stereocenters. The van der Waals surface area contributed by atoms with Gasteiger partial charge < -0.3 is 0 Å². The maximum absolute atomic E-state index is 12.4. The molecule has 0 fully saturated rings. The van der Waals surface area contributed by atoms with Crippen molar-refractivity contribution in [1.29, 1.82) is 0 Å². The lowest BCUT2D eigenvalue weighted by Gasteiger charge is -2.26. The Bertz CT molecular complexity index is 630. The van der Waals surface area contributed by atoms with Gasteiger partial charge in [-0.3, -0.25) is 14.5 Å². The van der Waals surface area contributed by atoms with Crippen molar-refractivity contribution in [2.45, 2.75) is 0 Å². The summed E-state index contributed by atoms with van der Waals surface area (Å²) in [4.78, 5) is 26.2. The fraction of sp³-hybridized carbons (Fsp3) is 0.200. The SMILES string of the molecule is CSCCN1C(=O)c2cccc3cccc(c23)C1=O. The van der Waals surface area contributed by atoms with Gasteiger partial charge in [-0.15, -0.1) is 0 Å². The molecule has 0 N–H and O–H groups in total. The highest BCUT2D eigenvalue weighted by Gasteiger charge is 2.31. The van der Waals surface area contributed by atoms with Crippen molar-refractivity contribution < 1.29 is 9.59 Å². The molecule has 0 radical (unpaired) electrons. The predicted octanol–water partition coefficient (Wildman–Crippen LogP) is 2.80. The normalized spacial score (nSPS) is 14.3. The molecule has 0 atom stereocenters. The van der Waals surface area contributed by atoms with Crippen molar-refractivity contribution in [3.05, 3.63) is 47.5 Å². The van der Waals surface area contributed by atoms with Gasteiger partial charge in [0.05, 0.1) is 0 Å². The quantitative estimate of drug-likeness (QED) is 0.806. The van der Waals surface area contributed by atoms with E-state index in [2.05, 4.69) is 0 Å². The van der Waals surface area contributed by atoms with Gasteiger partial charge in [0.15, 0.2) is 0 Å². The van der Waals surface area contributed by atoms with Gasteiger partial charge in [0.1, 0.15) is 0 Å². The molecule has 0 aromatic heterocycles. The molecule has 2 aromatic rings. The third-order valence-corrected chi connectivity index (χ3v) is 3.97. The molecule has 3 nitrogen and oxygen atoms in total. The van der Waals surface area contributed by atoms with Gasteiger partial charge in [-0.1, -0.05) is 24.3 Å². The Hall–Kier alpha value is -1.81. The molecular formula is C15H13NO2S. The molecule has 96 valence electrons. The fourth-order valence-electron chi connectivity index (χ4n) is 2.47. The van der Waals surface area contributed by atoms with Crippen molar-refractivity contribution in [2.75, 3.05) is 18.6 Å². The maximum Gasteiger partial charge on any atom is 0.261 e. The zero-order chi connectivity index (χ0) is 13.4. The molecule has 4 heteroatoms. The summed E-state index contributed by atoms with van der Waals surface area (Å²) >= 11 is 1.63. The van der Waals surface area contributed by atoms with Crippen LogP contribution >= 0.6 is 11.8 Å². The molecular weight excluding hydrogens is 258 g/mol. The summed E-state index contributed by atoms with van der Waals surface area (Å²) in [6.07, 6.45) is 1.97. The summed E-state index contributed by atoms with van der Waals surface area (Å²) in [5.41, 5.74) is 1.27. The van der Waals surface area contributed by atoms with Crippen LogP contribution in [0.1, 0.15) is 20.7 Å². The van der Waals surface area contributed by atoms with Crippen LogP contribution < -0.4 is 0 Å². The molecule has 3 rings (SSSR count). The average Bonchev–Trinajstić information content (AvgIpc) is 2.44. The third kappa shape index (κ3) is 1.83. The van der Waals surface area contributed by atoms with Gasteiger partial charge in [0, 0.05) is 28.8 Å². The molecule has 0 spiro atoms. The third-order valence-electron chi connectivity index (χ3n) is 3.37. The van der Waals surface area contributed by atoms with Gasteiger partial charge >= 0.3 is 0 Å². The average molecular weight is 271 g/mol. The molecule has 19 heavy (non-hydrogen) atoms. The van der Waals surface area contributed by atoms with E-state index in [1.807, 2.05) is 30.5 Å². The number of imide groups is 1. The van der Waals surface area contributed by atoms with Crippen LogP contribution in [-0.2, 0) is 0 Å². The van der Waals surface area contributed by atoms with Crippen molar-refractivity contribution >= 4 is 34.3 Å². The standard InChI is InChI=1S/C15H13NO2S/c1-19-9-8-16-14(17)11-6-2-4-10-5-3-7-12(13(10)11)15(16)18/h2-7H,8-9H2,1H3. The first-order chi connectivity index (χ1) is 9.24. The summed E-state index contributed by atoms with van der Waals surface area (Å²) in [6.45, 7) is 0.462. The lowest BCUT2D eigenvalue weighted by molar-refractivity contribution is 0.0621. The monoisotopic (exact) mass is 271 g/mol. The first-order valence-electron chi connectivity index (χ1n) is 6.11. The van der Waals surface area contributed by atoms with Crippen LogP contribution in [0.3, 0.4) is 0 Å². The molecule has 1 aliphatic rings. The number of benzene rings is 2. The summed E-state index contributed by atoms with van der Waals surface area (Å²) in [5, 5.41) is 1.74. The molecule has 2 aromatic carbocycles. The number of thioether (sulfide) groups is 1. The molecule has 1 aliphatic heterocycles. The van der Waals surface area contributed by atoms with Crippen LogP contribution in [0.15, 0.2) is 36.4 Å². The van der Waals surface area contributed by atoms with E-state index in [1.165, 1.54) is 4.90 Å². The Morgan fingerprint density at radius 2 is 1.58 bits per heavy atom. The first kappa shape index (κ1) is 12.2. The highest BCUT2D eigenvalue weighted by atomic mass is 32.2. The molecule has 0 aliphatic carbocycles. The van der Waals surface area contributed by atoms with Gasteiger partial charge in [-0.25, -0.2) is 0 Å². The number of amides is 2. The topological polar surface area (TPSA) is 37.4 Å². The summed E-state index contributed by atoms with van der Waals surface area (Å²) < 4.78 is 0. The molecule has 0 saturated heterocycles. The second kappa shape index (κ2) is 4.70. The van der Waals surface area contributed by atoms with Crippen LogP contribution in [0, 0.1) is 0 Å². The van der Waals surface area contributed by atoms with Crippen LogP contribution in [0.5, 0.6) is 0 Å². The smallest absolute Gasteiger partial charge is 0.261 e. The predicted molar refractivity (Wildman–Crippen MR) is 77.7 cm³/mol. The zero-order valence-electron chi connectivity index (χ0n) is 10.6. The lowest BCUT2D eigenvalue weighted by Crippen LogP contribution is -2.41. The Kier molecular flexibility index (Phi) is 3.03. The summed E-state index contributed by atoms with van der Waals surface area (Å²) in [5.74, 6) is 0.405. The van der Waals surface area contributed by atoms with E-state index >= 15 is 0 Å². The van der Waals surface area contributed by atoms with Crippen molar-refractivity contribution in [1.82, 2.24) is 4.90 Å². The molecule has 0 bridgehead atoms. The van der Waals surface area contributed by atoms with Crippen molar-refractivity contribution in [3.63, 3.8) is 0 Å². The molecule has 1 heterocycles. The number of rotatable bonds is 3. The van der Waals surface area contributed by atoms with Crippen LogP contribution in [0.4, 0.5) is 0 Å². The van der Waals surface area contributed by atoms with E-state index in [4.69, 9.17) is 0 Å². The minimum atomic E-state index is -0.177. The second-order valence-electron chi connectivity index (χ2n) is 4.46. The number of nitrogens with zero attached hydrogens (tertiary/aromatic N) is 1. The van der Waals surface area contributed by atoms with Crippen molar-refractivity contribution in [2.24, 2.45) is 0 Å². The summed E-state index contributed by atoms with van der Waals surface area (Å²) in [7, 11) is 0. The zero-order valence-corrected chi connectivity index (χ0v) is 11.4. The van der Waals surface area contributed by atoms with Gasteiger partial charge in [-0.05, 0) is 23.8 Å². The Morgan fingerprint density at radius 1 is 1.00 bits per heavy atom. The van der Waals surface area contributed by atoms with E-state index in [0.717, 1.165) is 16.5 Å². The molecule has 2 amide bonds. The fourth-order valence-corrected chi connectivity index (χ4v) is 2.83. The highest BCUT2D eigenvalue weighted by Crippen LogP contribution is 2.29.